The number of thioether (sulfide) groups is 1. The average Bonchev–Trinajstić information content (AvgIpc) is 2.79. The molecule has 120 valence electrons. The van der Waals surface area contributed by atoms with Gasteiger partial charge in [0.15, 0.2) is 0 Å². The van der Waals surface area contributed by atoms with Crippen LogP contribution in [0.2, 0.25) is 0 Å². The number of benzene rings is 1. The number of halogens is 1. The number of aryl methyl sites for hydroxylation is 1. The predicted molar refractivity (Wildman–Crippen MR) is 93.7 cm³/mol. The second kappa shape index (κ2) is 6.81. The van der Waals surface area contributed by atoms with Crippen LogP contribution in [-0.2, 0) is 11.2 Å². The molecule has 3 aliphatic heterocycles. The minimum absolute atomic E-state index is 0. The van der Waals surface area contributed by atoms with Crippen molar-refractivity contribution >= 4 is 30.1 Å². The Morgan fingerprint density at radius 2 is 2.00 bits per heavy atom. The van der Waals surface area contributed by atoms with E-state index in [0.717, 1.165) is 31.7 Å². The van der Waals surface area contributed by atoms with Gasteiger partial charge in [-0.25, -0.2) is 0 Å². The van der Waals surface area contributed by atoms with Crippen molar-refractivity contribution in [2.75, 3.05) is 18.8 Å². The van der Waals surface area contributed by atoms with Gasteiger partial charge < -0.3 is 10.2 Å². The van der Waals surface area contributed by atoms with Crippen molar-refractivity contribution in [2.45, 2.75) is 43.0 Å². The lowest BCUT2D eigenvalue weighted by Crippen LogP contribution is -2.44. The average molecular weight is 339 g/mol. The van der Waals surface area contributed by atoms with Crippen LogP contribution < -0.4 is 5.32 Å². The molecule has 1 amide bonds. The molecular formula is C17H23ClN2OS. The zero-order chi connectivity index (χ0) is 14.2. The van der Waals surface area contributed by atoms with E-state index >= 15 is 0 Å². The van der Waals surface area contributed by atoms with Crippen LogP contribution in [0, 0.1) is 0 Å². The Hall–Kier alpha value is -0.710. The zero-order valence-corrected chi connectivity index (χ0v) is 14.3. The second-order valence-corrected chi connectivity index (χ2v) is 7.54. The Bertz CT molecular complexity index is 539. The van der Waals surface area contributed by atoms with Crippen molar-refractivity contribution in [3.63, 3.8) is 0 Å². The fourth-order valence-corrected chi connectivity index (χ4v) is 5.32. The van der Waals surface area contributed by atoms with Crippen molar-refractivity contribution < 1.29 is 4.79 Å². The Balaban J connectivity index is 0.00000144. The van der Waals surface area contributed by atoms with Crippen molar-refractivity contribution in [3.05, 3.63) is 35.4 Å². The van der Waals surface area contributed by atoms with Crippen molar-refractivity contribution in [1.29, 1.82) is 0 Å². The predicted octanol–water partition coefficient (Wildman–Crippen LogP) is 2.79. The van der Waals surface area contributed by atoms with Gasteiger partial charge in [-0.2, -0.15) is 0 Å². The first-order chi connectivity index (χ1) is 10.3. The number of fused-ring (bicyclic) bond motifs is 3. The molecule has 5 heteroatoms. The normalized spacial score (nSPS) is 30.2. The van der Waals surface area contributed by atoms with Gasteiger partial charge in [0.2, 0.25) is 5.91 Å². The molecule has 1 aromatic rings. The molecule has 3 unspecified atom stereocenters. The van der Waals surface area contributed by atoms with E-state index in [1.165, 1.54) is 24.0 Å². The first-order valence-corrected chi connectivity index (χ1v) is 9.12. The summed E-state index contributed by atoms with van der Waals surface area (Å²) in [5.74, 6) is 1.43. The van der Waals surface area contributed by atoms with Crippen LogP contribution in [0.3, 0.4) is 0 Å². The minimum atomic E-state index is 0. The molecule has 0 radical (unpaired) electrons. The van der Waals surface area contributed by atoms with Crippen LogP contribution in [0.5, 0.6) is 0 Å². The molecule has 3 atom stereocenters. The third kappa shape index (κ3) is 2.77. The number of nitrogens with one attached hydrogen (secondary N) is 1. The van der Waals surface area contributed by atoms with Gasteiger partial charge in [-0.05, 0) is 49.1 Å². The van der Waals surface area contributed by atoms with Crippen LogP contribution in [0.15, 0.2) is 24.3 Å². The maximum Gasteiger partial charge on any atom is 0.240 e. The molecule has 2 saturated heterocycles. The maximum atomic E-state index is 13.2. The van der Waals surface area contributed by atoms with Gasteiger partial charge in [-0.3, -0.25) is 4.79 Å². The van der Waals surface area contributed by atoms with E-state index in [0.29, 0.717) is 18.0 Å². The lowest BCUT2D eigenvalue weighted by molar-refractivity contribution is -0.133. The quantitative estimate of drug-likeness (QED) is 0.854. The summed E-state index contributed by atoms with van der Waals surface area (Å²) in [5.41, 5.74) is 2.63. The molecule has 1 aromatic carbocycles. The highest BCUT2D eigenvalue weighted by Gasteiger charge is 2.41. The highest BCUT2D eigenvalue weighted by Crippen LogP contribution is 2.41. The molecule has 22 heavy (non-hydrogen) atoms. The van der Waals surface area contributed by atoms with Crippen LogP contribution in [-0.4, -0.2) is 41.7 Å². The Morgan fingerprint density at radius 1 is 1.18 bits per heavy atom. The van der Waals surface area contributed by atoms with E-state index in [9.17, 15) is 4.79 Å². The number of carbonyl (C=O) groups excluding carboxylic acids is 1. The highest BCUT2D eigenvalue weighted by atomic mass is 35.5. The van der Waals surface area contributed by atoms with Gasteiger partial charge in [-0.15, -0.1) is 24.2 Å². The molecule has 3 aliphatic rings. The summed E-state index contributed by atoms with van der Waals surface area (Å²) in [4.78, 5) is 15.4. The zero-order valence-electron chi connectivity index (χ0n) is 12.7. The Morgan fingerprint density at radius 3 is 2.91 bits per heavy atom. The van der Waals surface area contributed by atoms with Crippen LogP contribution in [0.1, 0.15) is 35.6 Å². The topological polar surface area (TPSA) is 32.3 Å². The summed E-state index contributed by atoms with van der Waals surface area (Å²) in [6, 6.07) is 9.39. The molecular weight excluding hydrogens is 316 g/mol. The van der Waals surface area contributed by atoms with Crippen molar-refractivity contribution in [3.8, 4) is 0 Å². The smallest absolute Gasteiger partial charge is 0.240 e. The molecule has 3 nitrogen and oxygen atoms in total. The van der Waals surface area contributed by atoms with Gasteiger partial charge in [-0.1, -0.05) is 24.3 Å². The monoisotopic (exact) mass is 338 g/mol. The minimum Gasteiger partial charge on any atom is -0.334 e. The van der Waals surface area contributed by atoms with Gasteiger partial charge in [0.1, 0.15) is 5.25 Å². The molecule has 3 heterocycles. The molecule has 0 spiro atoms. The summed E-state index contributed by atoms with van der Waals surface area (Å²) >= 11 is 1.83. The molecule has 4 rings (SSSR count). The number of amides is 1. The number of nitrogens with zero attached hydrogens (tertiary/aromatic N) is 1. The summed E-state index contributed by atoms with van der Waals surface area (Å²) in [7, 11) is 0. The molecule has 2 fully saturated rings. The first kappa shape index (κ1) is 16.2. The van der Waals surface area contributed by atoms with Crippen LogP contribution in [0.25, 0.3) is 0 Å². The number of hydrogen-bond donors (Lipinski definition) is 1. The summed E-state index contributed by atoms with van der Waals surface area (Å²) < 4.78 is 0. The summed E-state index contributed by atoms with van der Waals surface area (Å²) in [6.45, 7) is 2.03. The first-order valence-electron chi connectivity index (χ1n) is 8.07. The second-order valence-electron chi connectivity index (χ2n) is 6.32. The van der Waals surface area contributed by atoms with Crippen LogP contribution >= 0.6 is 24.2 Å². The number of rotatable bonds is 1. The fourth-order valence-electron chi connectivity index (χ4n) is 4.08. The Kier molecular flexibility index (Phi) is 5.00. The fraction of sp³-hybridized carbons (Fsp3) is 0.588. The SMILES string of the molecule is Cl.O=C(C1SCCc2ccccc21)N1C2CCNCC1CC2. The van der Waals surface area contributed by atoms with E-state index < -0.39 is 0 Å². The number of carbonyl (C=O) groups is 1. The third-order valence-corrected chi connectivity index (χ3v) is 6.36. The largest absolute Gasteiger partial charge is 0.334 e. The highest BCUT2D eigenvalue weighted by molar-refractivity contribution is 8.00. The maximum absolute atomic E-state index is 13.2. The lowest BCUT2D eigenvalue weighted by atomic mass is 10.0. The van der Waals surface area contributed by atoms with Gasteiger partial charge in [0.05, 0.1) is 0 Å². The molecule has 0 aromatic heterocycles. The molecule has 1 N–H and O–H groups in total. The molecule has 0 saturated carbocycles. The van der Waals surface area contributed by atoms with Gasteiger partial charge >= 0.3 is 0 Å². The molecule has 0 aliphatic carbocycles. The molecule has 2 bridgehead atoms. The van der Waals surface area contributed by atoms with E-state index in [4.69, 9.17) is 0 Å². The lowest BCUT2D eigenvalue weighted by Gasteiger charge is -2.33. The third-order valence-electron chi connectivity index (χ3n) is 5.13. The summed E-state index contributed by atoms with van der Waals surface area (Å²) in [6.07, 6.45) is 4.57. The van der Waals surface area contributed by atoms with Crippen molar-refractivity contribution in [1.82, 2.24) is 10.2 Å². The number of hydrogen-bond acceptors (Lipinski definition) is 3. The summed E-state index contributed by atoms with van der Waals surface area (Å²) in [5, 5.41) is 3.51. The van der Waals surface area contributed by atoms with Gasteiger partial charge in [0, 0.05) is 18.6 Å². The van der Waals surface area contributed by atoms with Crippen LogP contribution in [0.4, 0.5) is 0 Å². The Labute approximate surface area is 142 Å². The van der Waals surface area contributed by atoms with E-state index in [1.54, 1.807) is 0 Å². The van der Waals surface area contributed by atoms with E-state index in [-0.39, 0.29) is 17.7 Å². The van der Waals surface area contributed by atoms with E-state index in [2.05, 4.69) is 34.5 Å². The van der Waals surface area contributed by atoms with E-state index in [1.807, 2.05) is 11.8 Å². The van der Waals surface area contributed by atoms with Crippen molar-refractivity contribution in [2.24, 2.45) is 0 Å². The van der Waals surface area contributed by atoms with Gasteiger partial charge in [0.25, 0.3) is 0 Å². The standard InChI is InChI=1S/C17H22N2OS.ClH/c20-17(19-13-5-6-14(19)11-18-9-7-13)16-15-4-2-1-3-12(15)8-10-21-16;/h1-4,13-14,16,18H,5-11H2;1H.